The van der Waals surface area contributed by atoms with Crippen molar-refractivity contribution >= 4 is 10.9 Å². The number of hydrogen-bond donors (Lipinski definition) is 1. The van der Waals surface area contributed by atoms with Gasteiger partial charge in [-0.05, 0) is 36.8 Å². The molecule has 112 valence electrons. The highest BCUT2D eigenvalue weighted by Gasteiger charge is 2.76. The van der Waals surface area contributed by atoms with Gasteiger partial charge >= 0.3 is 0 Å². The molecule has 22 heavy (non-hydrogen) atoms. The summed E-state index contributed by atoms with van der Waals surface area (Å²) < 4.78 is 0. The number of fused-ring (bicyclic) bond motifs is 1. The van der Waals surface area contributed by atoms with Crippen LogP contribution in [0, 0.1) is 11.8 Å². The first-order chi connectivity index (χ1) is 10.8. The lowest BCUT2D eigenvalue weighted by atomic mass is 9.93. The molecule has 3 nitrogen and oxygen atoms in total. The summed E-state index contributed by atoms with van der Waals surface area (Å²) in [6.07, 6.45) is 5.89. The molecule has 3 heteroatoms. The van der Waals surface area contributed by atoms with Gasteiger partial charge in [0.15, 0.2) is 0 Å². The number of pyridine rings is 1. The van der Waals surface area contributed by atoms with E-state index in [9.17, 15) is 5.11 Å². The van der Waals surface area contributed by atoms with Crippen molar-refractivity contribution in [1.29, 1.82) is 0 Å². The first-order valence-electron chi connectivity index (χ1n) is 8.18. The van der Waals surface area contributed by atoms with Crippen LogP contribution in [0.15, 0.2) is 49.2 Å². The van der Waals surface area contributed by atoms with E-state index in [2.05, 4.69) is 34.7 Å². The van der Waals surface area contributed by atoms with Crippen molar-refractivity contribution in [2.45, 2.75) is 30.5 Å². The maximum atomic E-state index is 10.9. The fourth-order valence-electron chi connectivity index (χ4n) is 5.14. The number of benzene rings is 1. The van der Waals surface area contributed by atoms with Gasteiger partial charge in [-0.1, -0.05) is 24.3 Å². The number of aliphatic hydroxyl groups excluding tert-OH is 1. The summed E-state index contributed by atoms with van der Waals surface area (Å²) in [4.78, 5) is 7.03. The molecule has 3 heterocycles. The topological polar surface area (TPSA) is 36.4 Å². The number of para-hydroxylation sites is 1. The Morgan fingerprint density at radius 2 is 2.27 bits per heavy atom. The molecule has 1 saturated carbocycles. The summed E-state index contributed by atoms with van der Waals surface area (Å²) in [5, 5.41) is 12.0. The van der Waals surface area contributed by atoms with Crippen LogP contribution in [0.1, 0.15) is 24.5 Å². The average molecular weight is 292 g/mol. The molecule has 1 aromatic carbocycles. The van der Waals surface area contributed by atoms with E-state index in [0.717, 1.165) is 29.4 Å². The summed E-state index contributed by atoms with van der Waals surface area (Å²) in [5.41, 5.74) is 2.29. The van der Waals surface area contributed by atoms with E-state index in [0.29, 0.717) is 17.4 Å². The Bertz CT molecular complexity index is 773. The molecule has 3 aliphatic rings. The Morgan fingerprint density at radius 1 is 1.41 bits per heavy atom. The highest BCUT2D eigenvalue weighted by molar-refractivity contribution is 5.78. The van der Waals surface area contributed by atoms with E-state index >= 15 is 0 Å². The lowest BCUT2D eigenvalue weighted by molar-refractivity contribution is -0.0203. The highest BCUT2D eigenvalue weighted by atomic mass is 16.3. The Balaban J connectivity index is 1.45. The van der Waals surface area contributed by atoms with E-state index in [-0.39, 0.29) is 6.04 Å². The zero-order valence-electron chi connectivity index (χ0n) is 12.5. The molecule has 1 aliphatic carbocycles. The van der Waals surface area contributed by atoms with Crippen LogP contribution < -0.4 is 0 Å². The largest absolute Gasteiger partial charge is 0.387 e. The maximum Gasteiger partial charge on any atom is 0.0960 e. The molecule has 5 rings (SSSR count). The molecule has 2 saturated heterocycles. The molecular weight excluding hydrogens is 272 g/mol. The van der Waals surface area contributed by atoms with Gasteiger partial charge < -0.3 is 5.11 Å². The molecule has 0 radical (unpaired) electrons. The first kappa shape index (κ1) is 12.8. The third-order valence-electron chi connectivity index (χ3n) is 6.30. The van der Waals surface area contributed by atoms with E-state index in [1.165, 1.54) is 6.42 Å². The summed E-state index contributed by atoms with van der Waals surface area (Å²) in [6.45, 7) is 5.10. The van der Waals surface area contributed by atoms with Crippen molar-refractivity contribution in [3.8, 4) is 0 Å². The summed E-state index contributed by atoms with van der Waals surface area (Å²) in [5.74, 6) is 1.37. The van der Waals surface area contributed by atoms with Crippen LogP contribution in [-0.2, 0) is 0 Å². The average Bonchev–Trinajstić information content (AvgIpc) is 3.15. The number of nitrogens with zero attached hydrogens (tertiary/aromatic N) is 2. The summed E-state index contributed by atoms with van der Waals surface area (Å²) in [6, 6.07) is 10.4. The number of aromatic nitrogens is 1. The molecule has 1 spiro atoms. The SMILES string of the molecule is C=CC1C2CC(C(O)c3cnc4ccccc4c3)N3CCC123. The standard InChI is InChI=1S/C19H20N2O/c1-2-14-15-10-17(21-8-7-19(14,15)21)18(22)13-9-12-5-3-4-6-16(12)20-11-13/h2-6,9,11,14-15,17-18,22H,1,7-8,10H2. The summed E-state index contributed by atoms with van der Waals surface area (Å²) in [7, 11) is 0. The van der Waals surface area contributed by atoms with Crippen molar-refractivity contribution in [3.63, 3.8) is 0 Å². The predicted molar refractivity (Wildman–Crippen MR) is 86.3 cm³/mol. The van der Waals surface area contributed by atoms with Gasteiger partial charge in [0.25, 0.3) is 0 Å². The lowest BCUT2D eigenvalue weighted by Gasteiger charge is -2.45. The molecule has 0 amide bonds. The van der Waals surface area contributed by atoms with Gasteiger partial charge in [0.1, 0.15) is 0 Å². The Kier molecular flexibility index (Phi) is 2.43. The Labute approximate surface area is 130 Å². The number of hydrogen-bond acceptors (Lipinski definition) is 3. The van der Waals surface area contributed by atoms with Crippen LogP contribution >= 0.6 is 0 Å². The van der Waals surface area contributed by atoms with Crippen LogP contribution in [0.4, 0.5) is 0 Å². The van der Waals surface area contributed by atoms with Crippen molar-refractivity contribution in [1.82, 2.24) is 9.88 Å². The van der Waals surface area contributed by atoms with Gasteiger partial charge in [0.2, 0.25) is 0 Å². The molecule has 5 atom stereocenters. The fraction of sp³-hybridized carbons (Fsp3) is 0.421. The molecule has 3 fully saturated rings. The van der Waals surface area contributed by atoms with E-state index in [1.54, 1.807) is 0 Å². The molecule has 1 N–H and O–H groups in total. The van der Waals surface area contributed by atoms with Crippen LogP contribution in [0.5, 0.6) is 0 Å². The van der Waals surface area contributed by atoms with Gasteiger partial charge in [0.05, 0.1) is 11.6 Å². The molecule has 2 aromatic rings. The van der Waals surface area contributed by atoms with E-state index < -0.39 is 6.10 Å². The van der Waals surface area contributed by atoms with Gasteiger partial charge in [-0.25, -0.2) is 0 Å². The van der Waals surface area contributed by atoms with Crippen LogP contribution in [-0.4, -0.2) is 33.1 Å². The number of rotatable bonds is 3. The predicted octanol–water partition coefficient (Wildman–Crippen LogP) is 2.92. The quantitative estimate of drug-likeness (QED) is 0.884. The molecule has 0 bridgehead atoms. The van der Waals surface area contributed by atoms with Gasteiger partial charge in [-0.15, -0.1) is 6.58 Å². The van der Waals surface area contributed by atoms with E-state index in [4.69, 9.17) is 0 Å². The van der Waals surface area contributed by atoms with Crippen LogP contribution in [0.3, 0.4) is 0 Å². The van der Waals surface area contributed by atoms with Crippen molar-refractivity contribution in [2.24, 2.45) is 11.8 Å². The summed E-state index contributed by atoms with van der Waals surface area (Å²) >= 11 is 0. The van der Waals surface area contributed by atoms with Crippen LogP contribution in [0.25, 0.3) is 10.9 Å². The second-order valence-corrected chi connectivity index (χ2v) is 7.01. The normalized spacial score (nSPS) is 37.2. The molecule has 1 aromatic heterocycles. The second kappa shape index (κ2) is 4.18. The lowest BCUT2D eigenvalue weighted by Crippen LogP contribution is -2.55. The third kappa shape index (κ3) is 1.41. The Morgan fingerprint density at radius 3 is 3.00 bits per heavy atom. The zero-order chi connectivity index (χ0) is 14.9. The highest BCUT2D eigenvalue weighted by Crippen LogP contribution is 2.70. The zero-order valence-corrected chi connectivity index (χ0v) is 12.5. The van der Waals surface area contributed by atoms with Crippen molar-refractivity contribution < 1.29 is 5.11 Å². The number of piperidine rings is 1. The van der Waals surface area contributed by atoms with Gasteiger partial charge in [-0.3, -0.25) is 9.88 Å². The third-order valence-corrected chi connectivity index (χ3v) is 6.30. The second-order valence-electron chi connectivity index (χ2n) is 7.01. The number of aliphatic hydroxyl groups is 1. The molecule has 2 aliphatic heterocycles. The smallest absolute Gasteiger partial charge is 0.0960 e. The van der Waals surface area contributed by atoms with Crippen molar-refractivity contribution in [3.05, 3.63) is 54.7 Å². The first-order valence-corrected chi connectivity index (χ1v) is 8.18. The minimum absolute atomic E-state index is 0.248. The fourth-order valence-corrected chi connectivity index (χ4v) is 5.14. The van der Waals surface area contributed by atoms with E-state index in [1.807, 2.05) is 24.4 Å². The monoisotopic (exact) mass is 292 g/mol. The minimum atomic E-state index is -0.437. The minimum Gasteiger partial charge on any atom is -0.387 e. The maximum absolute atomic E-state index is 10.9. The van der Waals surface area contributed by atoms with Gasteiger partial charge in [0, 0.05) is 35.3 Å². The van der Waals surface area contributed by atoms with Crippen molar-refractivity contribution in [2.75, 3.05) is 6.54 Å². The molecule has 5 unspecified atom stereocenters. The Hall–Kier alpha value is -1.71. The molecular formula is C19H20N2O. The van der Waals surface area contributed by atoms with Crippen LogP contribution in [0.2, 0.25) is 0 Å². The van der Waals surface area contributed by atoms with Gasteiger partial charge in [-0.2, -0.15) is 0 Å².